The predicted molar refractivity (Wildman–Crippen MR) is 69.1 cm³/mol. The Labute approximate surface area is 99.0 Å². The second-order valence-corrected chi connectivity index (χ2v) is 4.10. The Kier molecular flexibility index (Phi) is 5.33. The first-order valence-electron chi connectivity index (χ1n) is 6.13. The summed E-state index contributed by atoms with van der Waals surface area (Å²) in [7, 11) is 0. The summed E-state index contributed by atoms with van der Waals surface area (Å²) >= 11 is 0. The summed E-state index contributed by atoms with van der Waals surface area (Å²) in [6.07, 6.45) is 1.05. The lowest BCUT2D eigenvalue weighted by Gasteiger charge is -2.14. The van der Waals surface area contributed by atoms with Gasteiger partial charge in [0.2, 0.25) is 0 Å². The Morgan fingerprint density at radius 2 is 1.88 bits per heavy atom. The summed E-state index contributed by atoms with van der Waals surface area (Å²) in [6, 6.07) is 4.25. The van der Waals surface area contributed by atoms with E-state index in [9.17, 15) is 0 Å². The van der Waals surface area contributed by atoms with Crippen molar-refractivity contribution in [1.29, 1.82) is 0 Å². The standard InChI is InChI=1S/C14H23NO/c1-5-9-16-14-8-7-13(10-15-6-2)11(3)12(14)4/h7-8,15H,5-6,9-10H2,1-4H3. The Hall–Kier alpha value is -1.02. The molecule has 0 aliphatic heterocycles. The van der Waals surface area contributed by atoms with Crippen LogP contribution in [0.1, 0.15) is 37.0 Å². The summed E-state index contributed by atoms with van der Waals surface area (Å²) < 4.78 is 5.71. The van der Waals surface area contributed by atoms with Gasteiger partial charge in [0, 0.05) is 6.54 Å². The van der Waals surface area contributed by atoms with E-state index in [2.05, 4.69) is 45.1 Å². The second-order valence-electron chi connectivity index (χ2n) is 4.10. The molecule has 0 aliphatic carbocycles. The molecule has 0 spiro atoms. The van der Waals surface area contributed by atoms with Gasteiger partial charge in [-0.1, -0.05) is 19.9 Å². The SMILES string of the molecule is CCCOc1ccc(CNCC)c(C)c1C. The third-order valence-corrected chi connectivity index (χ3v) is 2.88. The number of ether oxygens (including phenoxy) is 1. The van der Waals surface area contributed by atoms with Crippen molar-refractivity contribution in [2.75, 3.05) is 13.2 Å². The van der Waals surface area contributed by atoms with Crippen molar-refractivity contribution in [3.05, 3.63) is 28.8 Å². The minimum Gasteiger partial charge on any atom is -0.493 e. The zero-order valence-electron chi connectivity index (χ0n) is 10.9. The van der Waals surface area contributed by atoms with Gasteiger partial charge in [-0.3, -0.25) is 0 Å². The Bertz CT molecular complexity index is 301. The van der Waals surface area contributed by atoms with Crippen LogP contribution in [0.5, 0.6) is 5.75 Å². The number of hydrogen-bond acceptors (Lipinski definition) is 2. The van der Waals surface area contributed by atoms with Crippen molar-refractivity contribution in [3.8, 4) is 5.75 Å². The van der Waals surface area contributed by atoms with Crippen LogP contribution in [0.3, 0.4) is 0 Å². The average Bonchev–Trinajstić information content (AvgIpc) is 2.30. The highest BCUT2D eigenvalue weighted by atomic mass is 16.5. The molecule has 0 radical (unpaired) electrons. The lowest BCUT2D eigenvalue weighted by molar-refractivity contribution is 0.315. The summed E-state index contributed by atoms with van der Waals surface area (Å²) in [5, 5.41) is 3.35. The molecular weight excluding hydrogens is 198 g/mol. The zero-order valence-corrected chi connectivity index (χ0v) is 10.9. The molecule has 0 unspecified atom stereocenters. The fourth-order valence-electron chi connectivity index (χ4n) is 1.67. The molecule has 16 heavy (non-hydrogen) atoms. The fourth-order valence-corrected chi connectivity index (χ4v) is 1.67. The molecule has 0 atom stereocenters. The summed E-state index contributed by atoms with van der Waals surface area (Å²) in [4.78, 5) is 0. The van der Waals surface area contributed by atoms with Gasteiger partial charge in [-0.2, -0.15) is 0 Å². The van der Waals surface area contributed by atoms with Crippen molar-refractivity contribution >= 4 is 0 Å². The zero-order chi connectivity index (χ0) is 12.0. The maximum atomic E-state index is 5.71. The second kappa shape index (κ2) is 6.54. The molecule has 1 aromatic carbocycles. The van der Waals surface area contributed by atoms with Gasteiger partial charge < -0.3 is 10.1 Å². The number of nitrogens with one attached hydrogen (secondary N) is 1. The Morgan fingerprint density at radius 3 is 2.50 bits per heavy atom. The maximum absolute atomic E-state index is 5.71. The quantitative estimate of drug-likeness (QED) is 0.796. The van der Waals surface area contributed by atoms with Gasteiger partial charge in [0.15, 0.2) is 0 Å². The van der Waals surface area contributed by atoms with E-state index < -0.39 is 0 Å². The van der Waals surface area contributed by atoms with Crippen molar-refractivity contribution in [1.82, 2.24) is 5.32 Å². The molecule has 1 aromatic rings. The average molecular weight is 221 g/mol. The van der Waals surface area contributed by atoms with E-state index in [0.29, 0.717) is 0 Å². The number of hydrogen-bond donors (Lipinski definition) is 1. The van der Waals surface area contributed by atoms with Crippen molar-refractivity contribution in [2.45, 2.75) is 40.7 Å². The van der Waals surface area contributed by atoms with Crippen molar-refractivity contribution < 1.29 is 4.74 Å². The first kappa shape index (κ1) is 13.0. The molecular formula is C14H23NO. The van der Waals surface area contributed by atoms with Gasteiger partial charge in [-0.25, -0.2) is 0 Å². The van der Waals surface area contributed by atoms with E-state index in [-0.39, 0.29) is 0 Å². The van der Waals surface area contributed by atoms with Crippen LogP contribution < -0.4 is 10.1 Å². The van der Waals surface area contributed by atoms with Gasteiger partial charge in [-0.15, -0.1) is 0 Å². The van der Waals surface area contributed by atoms with E-state index in [0.717, 1.165) is 31.9 Å². The fraction of sp³-hybridized carbons (Fsp3) is 0.571. The smallest absolute Gasteiger partial charge is 0.122 e. The summed E-state index contributed by atoms with van der Waals surface area (Å²) in [6.45, 7) is 11.3. The van der Waals surface area contributed by atoms with Crippen LogP contribution in [0.2, 0.25) is 0 Å². The molecule has 2 heteroatoms. The topological polar surface area (TPSA) is 21.3 Å². The first-order chi connectivity index (χ1) is 7.70. The van der Waals surface area contributed by atoms with E-state index in [1.165, 1.54) is 16.7 Å². The lowest BCUT2D eigenvalue weighted by atomic mass is 10.0. The Morgan fingerprint density at radius 1 is 1.12 bits per heavy atom. The molecule has 2 nitrogen and oxygen atoms in total. The number of rotatable bonds is 6. The normalized spacial score (nSPS) is 10.5. The molecule has 1 rings (SSSR count). The molecule has 0 aliphatic rings. The molecule has 0 saturated carbocycles. The first-order valence-corrected chi connectivity index (χ1v) is 6.13. The maximum Gasteiger partial charge on any atom is 0.122 e. The molecule has 0 fully saturated rings. The van der Waals surface area contributed by atoms with Crippen LogP contribution >= 0.6 is 0 Å². The van der Waals surface area contributed by atoms with Crippen LogP contribution in [0.25, 0.3) is 0 Å². The molecule has 0 bridgehead atoms. The summed E-state index contributed by atoms with van der Waals surface area (Å²) in [5.41, 5.74) is 3.97. The third-order valence-electron chi connectivity index (χ3n) is 2.88. The van der Waals surface area contributed by atoms with Crippen LogP contribution in [0.4, 0.5) is 0 Å². The molecule has 0 amide bonds. The van der Waals surface area contributed by atoms with Gasteiger partial charge >= 0.3 is 0 Å². The summed E-state index contributed by atoms with van der Waals surface area (Å²) in [5.74, 6) is 1.03. The molecule has 0 saturated heterocycles. The minimum absolute atomic E-state index is 0.798. The highest BCUT2D eigenvalue weighted by Gasteiger charge is 2.06. The predicted octanol–water partition coefficient (Wildman–Crippen LogP) is 3.20. The highest BCUT2D eigenvalue weighted by Crippen LogP contribution is 2.24. The largest absolute Gasteiger partial charge is 0.493 e. The van der Waals surface area contributed by atoms with Crippen LogP contribution in [0, 0.1) is 13.8 Å². The van der Waals surface area contributed by atoms with Crippen LogP contribution in [-0.2, 0) is 6.54 Å². The molecule has 0 heterocycles. The van der Waals surface area contributed by atoms with Gasteiger partial charge in [0.25, 0.3) is 0 Å². The van der Waals surface area contributed by atoms with E-state index in [1.807, 2.05) is 0 Å². The lowest BCUT2D eigenvalue weighted by Crippen LogP contribution is -2.13. The minimum atomic E-state index is 0.798. The van der Waals surface area contributed by atoms with Crippen molar-refractivity contribution in [3.63, 3.8) is 0 Å². The van der Waals surface area contributed by atoms with E-state index >= 15 is 0 Å². The van der Waals surface area contributed by atoms with Crippen molar-refractivity contribution in [2.24, 2.45) is 0 Å². The van der Waals surface area contributed by atoms with E-state index in [4.69, 9.17) is 4.74 Å². The monoisotopic (exact) mass is 221 g/mol. The van der Waals surface area contributed by atoms with Gasteiger partial charge in [0.05, 0.1) is 6.61 Å². The van der Waals surface area contributed by atoms with Crippen LogP contribution in [0.15, 0.2) is 12.1 Å². The molecule has 0 aromatic heterocycles. The highest BCUT2D eigenvalue weighted by molar-refractivity contribution is 5.43. The van der Waals surface area contributed by atoms with Gasteiger partial charge in [0.1, 0.15) is 5.75 Å². The third kappa shape index (κ3) is 3.24. The van der Waals surface area contributed by atoms with Gasteiger partial charge in [-0.05, 0) is 49.6 Å². The number of benzene rings is 1. The van der Waals surface area contributed by atoms with Crippen LogP contribution in [-0.4, -0.2) is 13.2 Å². The Balaban J connectivity index is 2.81. The molecule has 90 valence electrons. The molecule has 1 N–H and O–H groups in total. The van der Waals surface area contributed by atoms with E-state index in [1.54, 1.807) is 0 Å².